The van der Waals surface area contributed by atoms with Crippen molar-refractivity contribution in [1.29, 1.82) is 0 Å². The zero-order chi connectivity index (χ0) is 11.9. The third-order valence-electron chi connectivity index (χ3n) is 3.04. The number of hydrogen-bond donors (Lipinski definition) is 1. The Morgan fingerprint density at radius 3 is 2.47 bits per heavy atom. The second-order valence-electron chi connectivity index (χ2n) is 4.81. The van der Waals surface area contributed by atoms with E-state index in [1.807, 2.05) is 0 Å². The van der Waals surface area contributed by atoms with Gasteiger partial charge in [-0.25, -0.2) is 0 Å². The van der Waals surface area contributed by atoms with E-state index >= 15 is 0 Å². The summed E-state index contributed by atoms with van der Waals surface area (Å²) in [5, 5.41) is 8.65. The predicted molar refractivity (Wildman–Crippen MR) is 63.9 cm³/mol. The summed E-state index contributed by atoms with van der Waals surface area (Å²) in [5.41, 5.74) is 1.34. The van der Waals surface area contributed by atoms with Crippen LogP contribution in [-0.4, -0.2) is 11.1 Å². The lowest BCUT2D eigenvalue weighted by Gasteiger charge is -2.25. The molecule has 2 nitrogen and oxygen atoms in total. The predicted octanol–water partition coefficient (Wildman–Crippen LogP) is 4.01. The average Bonchev–Trinajstić information content (AvgIpc) is 2.15. The van der Waals surface area contributed by atoms with Gasteiger partial charge in [-0.15, -0.1) is 0 Å². The number of unbranched alkanes of at least 4 members (excludes halogenated alkanes) is 2. The first-order chi connectivity index (χ1) is 6.90. The number of aliphatic carboxylic acids is 1. The van der Waals surface area contributed by atoms with E-state index in [1.54, 1.807) is 0 Å². The zero-order valence-electron chi connectivity index (χ0n) is 10.5. The molecule has 0 saturated heterocycles. The highest BCUT2D eigenvalue weighted by molar-refractivity contribution is 5.66. The fourth-order valence-electron chi connectivity index (χ4n) is 1.42. The summed E-state index contributed by atoms with van der Waals surface area (Å²) in [6.07, 6.45) is 6.76. The summed E-state index contributed by atoms with van der Waals surface area (Å²) >= 11 is 0. The summed E-state index contributed by atoms with van der Waals surface area (Å²) in [6.45, 7) is 8.53. The van der Waals surface area contributed by atoms with Crippen LogP contribution in [0.5, 0.6) is 0 Å². The van der Waals surface area contributed by atoms with E-state index in [0.29, 0.717) is 0 Å². The second-order valence-corrected chi connectivity index (χ2v) is 4.81. The number of carboxylic acid groups (broad SMARTS) is 1. The van der Waals surface area contributed by atoms with Crippen molar-refractivity contribution in [3.8, 4) is 0 Å². The molecule has 0 spiro atoms. The quantitative estimate of drug-likeness (QED) is 0.511. The molecular weight excluding hydrogens is 188 g/mol. The minimum Gasteiger partial charge on any atom is -0.481 e. The van der Waals surface area contributed by atoms with Gasteiger partial charge in [0.2, 0.25) is 0 Å². The van der Waals surface area contributed by atoms with E-state index < -0.39 is 5.97 Å². The van der Waals surface area contributed by atoms with E-state index in [1.165, 1.54) is 18.4 Å². The van der Waals surface area contributed by atoms with Crippen molar-refractivity contribution in [2.75, 3.05) is 0 Å². The zero-order valence-corrected chi connectivity index (χ0v) is 10.5. The van der Waals surface area contributed by atoms with Crippen LogP contribution in [0.4, 0.5) is 0 Å². The van der Waals surface area contributed by atoms with Crippen LogP contribution in [0, 0.1) is 5.41 Å². The van der Waals surface area contributed by atoms with Gasteiger partial charge in [0.25, 0.3) is 0 Å². The van der Waals surface area contributed by atoms with Gasteiger partial charge in [-0.3, -0.25) is 4.79 Å². The van der Waals surface area contributed by atoms with Crippen LogP contribution in [0.1, 0.15) is 59.8 Å². The van der Waals surface area contributed by atoms with Crippen molar-refractivity contribution in [3.63, 3.8) is 0 Å². The Bertz CT molecular complexity index is 227. The lowest BCUT2D eigenvalue weighted by Crippen LogP contribution is -2.15. The fourth-order valence-corrected chi connectivity index (χ4v) is 1.42. The minimum absolute atomic E-state index is 0.0200. The van der Waals surface area contributed by atoms with E-state index in [-0.39, 0.29) is 11.8 Å². The molecule has 1 N–H and O–H groups in total. The SMILES string of the molecule is CCCCC=C(C)C(C)(C)CCC(=O)O. The molecule has 0 aliphatic heterocycles. The van der Waals surface area contributed by atoms with Crippen LogP contribution < -0.4 is 0 Å². The van der Waals surface area contributed by atoms with Crippen molar-refractivity contribution in [1.82, 2.24) is 0 Å². The minimum atomic E-state index is -0.704. The van der Waals surface area contributed by atoms with Crippen molar-refractivity contribution >= 4 is 5.97 Å². The number of carboxylic acids is 1. The molecule has 0 radical (unpaired) electrons. The Morgan fingerprint density at radius 1 is 1.40 bits per heavy atom. The normalized spacial score (nSPS) is 12.9. The third-order valence-corrected chi connectivity index (χ3v) is 3.04. The van der Waals surface area contributed by atoms with Crippen LogP contribution >= 0.6 is 0 Å². The van der Waals surface area contributed by atoms with Gasteiger partial charge in [0.15, 0.2) is 0 Å². The van der Waals surface area contributed by atoms with Crippen molar-refractivity contribution in [2.45, 2.75) is 59.8 Å². The summed E-state index contributed by atoms with van der Waals surface area (Å²) < 4.78 is 0. The van der Waals surface area contributed by atoms with Gasteiger partial charge in [-0.2, -0.15) is 0 Å². The van der Waals surface area contributed by atoms with Gasteiger partial charge in [0.1, 0.15) is 0 Å². The molecule has 2 heteroatoms. The van der Waals surface area contributed by atoms with E-state index in [0.717, 1.165) is 12.8 Å². The molecule has 0 bridgehead atoms. The maximum Gasteiger partial charge on any atom is 0.303 e. The Kier molecular flexibility index (Phi) is 6.30. The smallest absolute Gasteiger partial charge is 0.303 e. The van der Waals surface area contributed by atoms with Gasteiger partial charge >= 0.3 is 5.97 Å². The summed E-state index contributed by atoms with van der Waals surface area (Å²) in [5.74, 6) is -0.704. The van der Waals surface area contributed by atoms with Crippen molar-refractivity contribution in [2.24, 2.45) is 5.41 Å². The van der Waals surface area contributed by atoms with Crippen LogP contribution in [-0.2, 0) is 4.79 Å². The van der Waals surface area contributed by atoms with E-state index in [4.69, 9.17) is 5.11 Å². The molecular formula is C13H24O2. The molecule has 0 amide bonds. The topological polar surface area (TPSA) is 37.3 Å². The molecule has 0 fully saturated rings. The Hall–Kier alpha value is -0.790. The summed E-state index contributed by atoms with van der Waals surface area (Å²) in [7, 11) is 0. The largest absolute Gasteiger partial charge is 0.481 e. The number of rotatable bonds is 7. The molecule has 0 aliphatic rings. The van der Waals surface area contributed by atoms with E-state index in [2.05, 4.69) is 33.8 Å². The van der Waals surface area contributed by atoms with Crippen LogP contribution in [0.2, 0.25) is 0 Å². The Morgan fingerprint density at radius 2 is 2.00 bits per heavy atom. The van der Waals surface area contributed by atoms with Crippen LogP contribution in [0.3, 0.4) is 0 Å². The van der Waals surface area contributed by atoms with Gasteiger partial charge in [0, 0.05) is 6.42 Å². The van der Waals surface area contributed by atoms with Crippen LogP contribution in [0.25, 0.3) is 0 Å². The fraction of sp³-hybridized carbons (Fsp3) is 0.769. The number of hydrogen-bond acceptors (Lipinski definition) is 1. The first-order valence-corrected chi connectivity index (χ1v) is 5.79. The average molecular weight is 212 g/mol. The highest BCUT2D eigenvalue weighted by atomic mass is 16.4. The maximum absolute atomic E-state index is 10.5. The molecule has 0 heterocycles. The molecule has 0 aromatic carbocycles. The number of carbonyl (C=O) groups is 1. The van der Waals surface area contributed by atoms with Crippen LogP contribution in [0.15, 0.2) is 11.6 Å². The molecule has 0 rings (SSSR count). The highest BCUT2D eigenvalue weighted by Gasteiger charge is 2.20. The molecule has 15 heavy (non-hydrogen) atoms. The first-order valence-electron chi connectivity index (χ1n) is 5.79. The lowest BCUT2D eigenvalue weighted by molar-refractivity contribution is -0.137. The highest BCUT2D eigenvalue weighted by Crippen LogP contribution is 2.31. The maximum atomic E-state index is 10.5. The number of allylic oxidation sites excluding steroid dienone is 2. The summed E-state index contributed by atoms with van der Waals surface area (Å²) in [6, 6.07) is 0. The van der Waals surface area contributed by atoms with Gasteiger partial charge in [0.05, 0.1) is 0 Å². The van der Waals surface area contributed by atoms with Gasteiger partial charge in [-0.05, 0) is 25.2 Å². The molecule has 0 atom stereocenters. The monoisotopic (exact) mass is 212 g/mol. The Labute approximate surface area is 93.4 Å². The molecule has 0 saturated carbocycles. The Balaban J connectivity index is 4.17. The molecule has 88 valence electrons. The third kappa shape index (κ3) is 6.32. The van der Waals surface area contributed by atoms with Gasteiger partial charge < -0.3 is 5.11 Å². The van der Waals surface area contributed by atoms with Gasteiger partial charge in [-0.1, -0.05) is 45.3 Å². The van der Waals surface area contributed by atoms with Crippen molar-refractivity contribution < 1.29 is 9.90 Å². The van der Waals surface area contributed by atoms with E-state index in [9.17, 15) is 4.79 Å². The standard InChI is InChI=1S/C13H24O2/c1-5-6-7-8-11(2)13(3,4)10-9-12(14)15/h8H,5-7,9-10H2,1-4H3,(H,14,15). The molecule has 0 aliphatic carbocycles. The molecule has 0 unspecified atom stereocenters. The lowest BCUT2D eigenvalue weighted by atomic mass is 9.80. The summed E-state index contributed by atoms with van der Waals surface area (Å²) in [4.78, 5) is 10.5. The first kappa shape index (κ1) is 14.2. The molecule has 0 aromatic heterocycles. The second kappa shape index (κ2) is 6.65. The van der Waals surface area contributed by atoms with Crippen molar-refractivity contribution in [3.05, 3.63) is 11.6 Å². The molecule has 0 aromatic rings.